The zero-order chi connectivity index (χ0) is 12.3. The lowest BCUT2D eigenvalue weighted by Gasteiger charge is -2.11. The predicted molar refractivity (Wildman–Crippen MR) is 66.0 cm³/mol. The molecule has 1 aromatic rings. The van der Waals surface area contributed by atoms with Crippen LogP contribution in [-0.4, -0.2) is 24.8 Å². The van der Waals surface area contributed by atoms with Gasteiger partial charge in [0.1, 0.15) is 0 Å². The lowest BCUT2D eigenvalue weighted by Crippen LogP contribution is -2.06. The van der Waals surface area contributed by atoms with Crippen molar-refractivity contribution in [2.24, 2.45) is 0 Å². The second-order valence-corrected chi connectivity index (χ2v) is 4.41. The molecule has 0 atom stereocenters. The Labute approximate surface area is 110 Å². The molecule has 0 aliphatic rings. The summed E-state index contributed by atoms with van der Waals surface area (Å²) in [6, 6.07) is 1.42. The summed E-state index contributed by atoms with van der Waals surface area (Å²) in [7, 11) is 1.41. The number of methoxy groups -OCH3 is 1. The zero-order valence-corrected chi connectivity index (χ0v) is 11.9. The quantitative estimate of drug-likeness (QED) is 0.848. The van der Waals surface area contributed by atoms with Crippen LogP contribution in [0, 0.1) is 0 Å². The summed E-state index contributed by atoms with van der Waals surface area (Å²) in [5.74, 6) is -0.339. The van der Waals surface area contributed by atoms with E-state index < -0.39 is 5.97 Å². The van der Waals surface area contributed by atoms with Crippen molar-refractivity contribution in [2.45, 2.75) is 6.92 Å². The third-order valence-corrected chi connectivity index (χ3v) is 3.99. The normalized spacial score (nSPS) is 10.0. The van der Waals surface area contributed by atoms with Gasteiger partial charge in [0.2, 0.25) is 0 Å². The highest BCUT2D eigenvalue weighted by Gasteiger charge is 2.20. The molecule has 0 aliphatic heterocycles. The number of rotatable bonds is 3. The second-order valence-electron chi connectivity index (χ2n) is 2.82. The molecule has 0 radical (unpaired) electrons. The molecule has 0 heterocycles. The first-order valence-corrected chi connectivity index (χ1v) is 6.03. The lowest BCUT2D eigenvalue weighted by atomic mass is 10.2. The third kappa shape index (κ3) is 2.49. The van der Waals surface area contributed by atoms with Gasteiger partial charge in [-0.3, -0.25) is 0 Å². The van der Waals surface area contributed by atoms with E-state index in [-0.39, 0.29) is 18.1 Å². The first-order chi connectivity index (χ1) is 7.52. The number of hydrogen-bond acceptors (Lipinski definition) is 4. The van der Waals surface area contributed by atoms with Crippen molar-refractivity contribution in [1.29, 1.82) is 0 Å². The van der Waals surface area contributed by atoms with Crippen LogP contribution in [0.15, 0.2) is 15.0 Å². The Hall–Kier alpha value is -0.750. The van der Waals surface area contributed by atoms with Gasteiger partial charge in [0.15, 0.2) is 11.5 Å². The Kier molecular flexibility index (Phi) is 4.61. The van der Waals surface area contributed by atoms with Crippen molar-refractivity contribution in [1.82, 2.24) is 0 Å². The Morgan fingerprint density at radius 2 is 2.06 bits per heavy atom. The highest BCUT2D eigenvalue weighted by molar-refractivity contribution is 9.13. The number of hydrogen-bond donors (Lipinski definition) is 1. The van der Waals surface area contributed by atoms with Crippen LogP contribution >= 0.6 is 31.9 Å². The van der Waals surface area contributed by atoms with Crippen LogP contribution in [0.1, 0.15) is 17.3 Å². The zero-order valence-electron chi connectivity index (χ0n) is 8.71. The highest BCUT2D eigenvalue weighted by atomic mass is 79.9. The largest absolute Gasteiger partial charge is 0.503 e. The van der Waals surface area contributed by atoms with E-state index in [2.05, 4.69) is 31.9 Å². The maximum atomic E-state index is 11.6. The van der Waals surface area contributed by atoms with Crippen LogP contribution in [0.25, 0.3) is 0 Å². The molecule has 0 aromatic heterocycles. The van der Waals surface area contributed by atoms with Gasteiger partial charge in [-0.05, 0) is 44.8 Å². The van der Waals surface area contributed by atoms with Gasteiger partial charge in [0, 0.05) is 0 Å². The van der Waals surface area contributed by atoms with Gasteiger partial charge in [0.25, 0.3) is 0 Å². The maximum absolute atomic E-state index is 11.6. The molecular weight excluding hydrogens is 344 g/mol. The molecule has 0 saturated carbocycles. The summed E-state index contributed by atoms with van der Waals surface area (Å²) in [4.78, 5) is 11.6. The van der Waals surface area contributed by atoms with Crippen LogP contribution in [0.4, 0.5) is 0 Å². The first-order valence-electron chi connectivity index (χ1n) is 4.45. The first kappa shape index (κ1) is 13.3. The fourth-order valence-corrected chi connectivity index (χ4v) is 1.98. The molecule has 1 aromatic carbocycles. The topological polar surface area (TPSA) is 55.8 Å². The van der Waals surface area contributed by atoms with Crippen LogP contribution in [0.5, 0.6) is 11.5 Å². The molecule has 0 saturated heterocycles. The number of carbonyl (C=O) groups excluding carboxylic acids is 1. The van der Waals surface area contributed by atoms with Crippen molar-refractivity contribution in [2.75, 3.05) is 13.7 Å². The Morgan fingerprint density at radius 1 is 1.44 bits per heavy atom. The van der Waals surface area contributed by atoms with E-state index in [4.69, 9.17) is 9.47 Å². The lowest BCUT2D eigenvalue weighted by molar-refractivity contribution is 0.0524. The van der Waals surface area contributed by atoms with Crippen molar-refractivity contribution in [3.8, 4) is 11.5 Å². The highest BCUT2D eigenvalue weighted by Crippen LogP contribution is 2.41. The summed E-state index contributed by atoms with van der Waals surface area (Å²) in [6.07, 6.45) is 0. The molecular formula is C10H10Br2O4. The third-order valence-electron chi connectivity index (χ3n) is 1.86. The molecule has 4 nitrogen and oxygen atoms in total. The van der Waals surface area contributed by atoms with Crippen molar-refractivity contribution < 1.29 is 19.4 Å². The van der Waals surface area contributed by atoms with Gasteiger partial charge in [0.05, 0.1) is 28.2 Å². The minimum atomic E-state index is -0.478. The minimum Gasteiger partial charge on any atom is -0.503 e. The van der Waals surface area contributed by atoms with Crippen LogP contribution in [0.3, 0.4) is 0 Å². The summed E-state index contributed by atoms with van der Waals surface area (Å²) in [5.41, 5.74) is 0.295. The predicted octanol–water partition coefficient (Wildman–Crippen LogP) is 3.10. The molecule has 0 spiro atoms. The molecule has 6 heteroatoms. The summed E-state index contributed by atoms with van der Waals surface area (Å²) < 4.78 is 10.6. The minimum absolute atomic E-state index is 0.0672. The molecule has 0 unspecified atom stereocenters. The van der Waals surface area contributed by atoms with E-state index in [1.165, 1.54) is 13.2 Å². The fraction of sp³-hybridized carbons (Fsp3) is 0.300. The molecule has 0 amide bonds. The monoisotopic (exact) mass is 352 g/mol. The summed E-state index contributed by atoms with van der Waals surface area (Å²) in [5, 5.41) is 9.66. The van der Waals surface area contributed by atoms with Crippen LogP contribution in [0.2, 0.25) is 0 Å². The smallest absolute Gasteiger partial charge is 0.339 e. The molecule has 1 N–H and O–H groups in total. The van der Waals surface area contributed by atoms with E-state index in [9.17, 15) is 9.90 Å². The van der Waals surface area contributed by atoms with E-state index in [0.29, 0.717) is 14.5 Å². The van der Waals surface area contributed by atoms with Gasteiger partial charge in [-0.25, -0.2) is 4.79 Å². The number of carbonyl (C=O) groups is 1. The average Bonchev–Trinajstić information content (AvgIpc) is 2.27. The van der Waals surface area contributed by atoms with Crippen molar-refractivity contribution in [3.05, 3.63) is 20.6 Å². The van der Waals surface area contributed by atoms with Crippen molar-refractivity contribution in [3.63, 3.8) is 0 Å². The molecule has 0 bridgehead atoms. The van der Waals surface area contributed by atoms with E-state index in [1.54, 1.807) is 6.92 Å². The molecule has 0 aliphatic carbocycles. The number of esters is 1. The number of halogens is 2. The summed E-state index contributed by atoms with van der Waals surface area (Å²) >= 11 is 6.36. The van der Waals surface area contributed by atoms with Gasteiger partial charge in [-0.2, -0.15) is 0 Å². The Morgan fingerprint density at radius 3 is 2.56 bits per heavy atom. The van der Waals surface area contributed by atoms with Gasteiger partial charge in [-0.1, -0.05) is 0 Å². The molecule has 16 heavy (non-hydrogen) atoms. The van der Waals surface area contributed by atoms with E-state index in [1.807, 2.05) is 0 Å². The molecule has 88 valence electrons. The number of phenolic OH excluding ortho intramolecular Hbond substituents is 1. The van der Waals surface area contributed by atoms with Crippen LogP contribution in [-0.2, 0) is 4.74 Å². The maximum Gasteiger partial charge on any atom is 0.339 e. The van der Waals surface area contributed by atoms with E-state index in [0.717, 1.165) is 0 Å². The molecule has 0 fully saturated rings. The second kappa shape index (κ2) is 5.54. The van der Waals surface area contributed by atoms with Gasteiger partial charge >= 0.3 is 5.97 Å². The standard InChI is InChI=1S/C10H10Br2O4/c1-3-16-10(14)5-4-6(15-2)9(13)8(12)7(5)11/h4,13H,3H2,1-2H3. The Balaban J connectivity index is 3.29. The van der Waals surface area contributed by atoms with E-state index >= 15 is 0 Å². The molecule has 1 rings (SSSR count). The number of ether oxygens (including phenoxy) is 2. The van der Waals surface area contributed by atoms with Gasteiger partial charge in [-0.15, -0.1) is 0 Å². The number of phenols is 1. The van der Waals surface area contributed by atoms with Crippen molar-refractivity contribution >= 4 is 37.8 Å². The summed E-state index contributed by atoms with van der Waals surface area (Å²) in [6.45, 7) is 2.00. The Bertz CT molecular complexity index is 418. The van der Waals surface area contributed by atoms with Gasteiger partial charge < -0.3 is 14.6 Å². The SMILES string of the molecule is CCOC(=O)c1cc(OC)c(O)c(Br)c1Br. The fourth-order valence-electron chi connectivity index (χ4n) is 1.11. The number of aromatic hydroxyl groups is 1. The van der Waals surface area contributed by atoms with Crippen LogP contribution < -0.4 is 4.74 Å². The average molecular weight is 354 g/mol. The number of benzene rings is 1.